The highest BCUT2D eigenvalue weighted by atomic mass is 19.1. The number of nitrogen functional groups attached to an aromatic ring is 1. The van der Waals surface area contributed by atoms with Crippen LogP contribution in [0.15, 0.2) is 42.5 Å². The molecule has 2 aromatic rings. The lowest BCUT2D eigenvalue weighted by atomic mass is 10.0. The molecular weight excluding hydrogens is 298 g/mol. The predicted octanol–water partition coefficient (Wildman–Crippen LogP) is 3.70. The number of nitrogens with zero attached hydrogens (tertiary/aromatic N) is 1. The van der Waals surface area contributed by atoms with Gasteiger partial charge in [0, 0.05) is 24.7 Å². The molecule has 0 radical (unpaired) electrons. The molecule has 0 aliphatic carbocycles. The van der Waals surface area contributed by atoms with E-state index in [4.69, 9.17) is 5.73 Å². The van der Waals surface area contributed by atoms with E-state index in [9.17, 15) is 13.6 Å². The zero-order chi connectivity index (χ0) is 17.0. The van der Waals surface area contributed by atoms with Crippen molar-refractivity contribution in [1.82, 2.24) is 4.90 Å². The molecule has 0 aliphatic rings. The van der Waals surface area contributed by atoms with Gasteiger partial charge in [-0.1, -0.05) is 18.2 Å². The summed E-state index contributed by atoms with van der Waals surface area (Å²) in [7, 11) is 1.59. The molecular formula is C18H20F2N2O. The van der Waals surface area contributed by atoms with Gasteiger partial charge in [-0.25, -0.2) is 8.78 Å². The van der Waals surface area contributed by atoms with Gasteiger partial charge in [-0.15, -0.1) is 0 Å². The highest BCUT2D eigenvalue weighted by Gasteiger charge is 2.20. The van der Waals surface area contributed by atoms with E-state index >= 15 is 0 Å². The van der Waals surface area contributed by atoms with Gasteiger partial charge in [-0.2, -0.15) is 0 Å². The van der Waals surface area contributed by atoms with Crippen molar-refractivity contribution in [3.8, 4) is 0 Å². The Morgan fingerprint density at radius 1 is 1.22 bits per heavy atom. The molecule has 2 N–H and O–H groups in total. The molecule has 3 nitrogen and oxygen atoms in total. The minimum atomic E-state index is -0.550. The smallest absolute Gasteiger partial charge is 0.223 e. The van der Waals surface area contributed by atoms with Crippen LogP contribution in [0.25, 0.3) is 0 Å². The topological polar surface area (TPSA) is 46.3 Å². The first-order chi connectivity index (χ1) is 10.9. The van der Waals surface area contributed by atoms with E-state index in [0.29, 0.717) is 12.1 Å². The number of para-hydroxylation sites is 1. The Bertz CT molecular complexity index is 703. The number of benzene rings is 2. The zero-order valence-corrected chi connectivity index (χ0v) is 13.2. The number of aryl methyl sites for hydroxylation is 1. The maximum absolute atomic E-state index is 13.8. The van der Waals surface area contributed by atoms with Crippen LogP contribution < -0.4 is 5.73 Å². The summed E-state index contributed by atoms with van der Waals surface area (Å²) >= 11 is 0. The fourth-order valence-electron chi connectivity index (χ4n) is 2.44. The average molecular weight is 318 g/mol. The van der Waals surface area contributed by atoms with Crippen LogP contribution in [0.4, 0.5) is 14.5 Å². The van der Waals surface area contributed by atoms with Crippen LogP contribution in [0.3, 0.4) is 0 Å². The molecule has 1 unspecified atom stereocenters. The van der Waals surface area contributed by atoms with Crippen LogP contribution in [-0.2, 0) is 11.2 Å². The number of hydrogen-bond donors (Lipinski definition) is 1. The van der Waals surface area contributed by atoms with E-state index in [1.165, 1.54) is 4.90 Å². The number of nitrogens with two attached hydrogens (primary N) is 1. The largest absolute Gasteiger partial charge is 0.399 e. The van der Waals surface area contributed by atoms with Gasteiger partial charge < -0.3 is 10.6 Å². The lowest BCUT2D eigenvalue weighted by Gasteiger charge is -2.26. The SMILES string of the molecule is CC(c1cc(F)ccc1F)N(C)C(=O)CCc1ccccc1N. The van der Waals surface area contributed by atoms with E-state index < -0.39 is 17.7 Å². The van der Waals surface area contributed by atoms with Crippen LogP contribution in [0.1, 0.15) is 30.5 Å². The normalized spacial score (nSPS) is 12.0. The molecule has 0 bridgehead atoms. The first kappa shape index (κ1) is 16.9. The van der Waals surface area contributed by atoms with Gasteiger partial charge in [0.2, 0.25) is 5.91 Å². The Labute approximate surface area is 134 Å². The Morgan fingerprint density at radius 3 is 2.61 bits per heavy atom. The van der Waals surface area contributed by atoms with E-state index in [2.05, 4.69) is 0 Å². The van der Waals surface area contributed by atoms with Gasteiger partial charge in [0.1, 0.15) is 11.6 Å². The minimum absolute atomic E-state index is 0.149. The Morgan fingerprint density at radius 2 is 1.91 bits per heavy atom. The van der Waals surface area contributed by atoms with Gasteiger partial charge in [0.25, 0.3) is 0 Å². The molecule has 122 valence electrons. The molecule has 23 heavy (non-hydrogen) atoms. The molecule has 0 saturated carbocycles. The molecule has 1 amide bonds. The van der Waals surface area contributed by atoms with Crippen LogP contribution in [0, 0.1) is 11.6 Å². The fraction of sp³-hybridized carbons (Fsp3) is 0.278. The van der Waals surface area contributed by atoms with Crippen LogP contribution in [-0.4, -0.2) is 17.9 Å². The lowest BCUT2D eigenvalue weighted by Crippen LogP contribution is -2.30. The standard InChI is InChI=1S/C18H20F2N2O/c1-12(15-11-14(19)8-9-16(15)20)22(2)18(23)10-7-13-5-3-4-6-17(13)21/h3-6,8-9,11-12H,7,10,21H2,1-2H3. The summed E-state index contributed by atoms with van der Waals surface area (Å²) in [4.78, 5) is 13.7. The van der Waals surface area contributed by atoms with Crippen LogP contribution in [0.5, 0.6) is 0 Å². The monoisotopic (exact) mass is 318 g/mol. The first-order valence-corrected chi connectivity index (χ1v) is 7.44. The summed E-state index contributed by atoms with van der Waals surface area (Å²) in [6, 6.07) is 10.1. The second-order valence-corrected chi connectivity index (χ2v) is 5.55. The summed E-state index contributed by atoms with van der Waals surface area (Å²) in [5.74, 6) is -1.19. The van der Waals surface area contributed by atoms with E-state index in [1.807, 2.05) is 18.2 Å². The second-order valence-electron chi connectivity index (χ2n) is 5.55. The number of anilines is 1. The van der Waals surface area contributed by atoms with E-state index in [-0.39, 0.29) is 17.9 Å². The predicted molar refractivity (Wildman–Crippen MR) is 86.7 cm³/mol. The molecule has 0 spiro atoms. The summed E-state index contributed by atoms with van der Waals surface area (Å²) in [6.45, 7) is 1.67. The lowest BCUT2D eigenvalue weighted by molar-refractivity contribution is -0.131. The van der Waals surface area contributed by atoms with Crippen molar-refractivity contribution < 1.29 is 13.6 Å². The number of amides is 1. The summed E-state index contributed by atoms with van der Waals surface area (Å²) in [6.07, 6.45) is 0.764. The quantitative estimate of drug-likeness (QED) is 0.855. The maximum atomic E-state index is 13.8. The minimum Gasteiger partial charge on any atom is -0.399 e. The maximum Gasteiger partial charge on any atom is 0.223 e. The van der Waals surface area contributed by atoms with Crippen molar-refractivity contribution in [3.05, 3.63) is 65.2 Å². The average Bonchev–Trinajstić information content (AvgIpc) is 2.54. The van der Waals surface area contributed by atoms with Crippen molar-refractivity contribution in [2.75, 3.05) is 12.8 Å². The summed E-state index contributed by atoms with van der Waals surface area (Å²) in [5.41, 5.74) is 7.57. The zero-order valence-electron chi connectivity index (χ0n) is 13.2. The number of carbonyl (C=O) groups is 1. The molecule has 2 rings (SSSR count). The van der Waals surface area contributed by atoms with Crippen molar-refractivity contribution in [3.63, 3.8) is 0 Å². The number of hydrogen-bond acceptors (Lipinski definition) is 2. The van der Waals surface area contributed by atoms with Crippen molar-refractivity contribution in [1.29, 1.82) is 0 Å². The number of halogens is 2. The van der Waals surface area contributed by atoms with Gasteiger partial charge in [0.15, 0.2) is 0 Å². The van der Waals surface area contributed by atoms with Gasteiger partial charge >= 0.3 is 0 Å². The third-order valence-corrected chi connectivity index (χ3v) is 4.05. The Hall–Kier alpha value is -2.43. The molecule has 0 saturated heterocycles. The van der Waals surface area contributed by atoms with Crippen molar-refractivity contribution >= 4 is 11.6 Å². The Balaban J connectivity index is 2.04. The second kappa shape index (κ2) is 7.22. The summed E-state index contributed by atoms with van der Waals surface area (Å²) in [5, 5.41) is 0. The van der Waals surface area contributed by atoms with Crippen molar-refractivity contribution in [2.45, 2.75) is 25.8 Å². The van der Waals surface area contributed by atoms with Crippen LogP contribution >= 0.6 is 0 Å². The van der Waals surface area contributed by atoms with Gasteiger partial charge in [0.05, 0.1) is 6.04 Å². The fourth-order valence-corrected chi connectivity index (χ4v) is 2.44. The van der Waals surface area contributed by atoms with Crippen LogP contribution in [0.2, 0.25) is 0 Å². The van der Waals surface area contributed by atoms with E-state index in [0.717, 1.165) is 23.8 Å². The molecule has 2 aromatic carbocycles. The number of carbonyl (C=O) groups excluding carboxylic acids is 1. The first-order valence-electron chi connectivity index (χ1n) is 7.44. The molecule has 0 heterocycles. The molecule has 1 atom stereocenters. The summed E-state index contributed by atoms with van der Waals surface area (Å²) < 4.78 is 27.1. The van der Waals surface area contributed by atoms with E-state index in [1.54, 1.807) is 20.0 Å². The molecule has 0 aromatic heterocycles. The molecule has 0 aliphatic heterocycles. The van der Waals surface area contributed by atoms with Crippen molar-refractivity contribution in [2.24, 2.45) is 0 Å². The third-order valence-electron chi connectivity index (χ3n) is 4.05. The molecule has 0 fully saturated rings. The Kier molecular flexibility index (Phi) is 5.32. The number of rotatable bonds is 5. The highest BCUT2D eigenvalue weighted by molar-refractivity contribution is 5.77. The van der Waals surface area contributed by atoms with Gasteiger partial charge in [-0.3, -0.25) is 4.79 Å². The van der Waals surface area contributed by atoms with Gasteiger partial charge in [-0.05, 0) is 43.2 Å². The highest BCUT2D eigenvalue weighted by Crippen LogP contribution is 2.24. The third kappa shape index (κ3) is 4.06. The molecule has 5 heteroatoms.